The normalized spacial score (nSPS) is 12.9. The number of methoxy groups -OCH3 is 2. The number of benzene rings is 1. The summed E-state index contributed by atoms with van der Waals surface area (Å²) in [4.78, 5) is 0. The monoisotopic (exact) mass is 327 g/mol. The Morgan fingerprint density at radius 3 is 2.52 bits per heavy atom. The second kappa shape index (κ2) is 6.46. The minimum absolute atomic E-state index is 0.0249. The van der Waals surface area contributed by atoms with E-state index in [9.17, 15) is 8.42 Å². The van der Waals surface area contributed by atoms with E-state index in [0.717, 1.165) is 0 Å². The fraction of sp³-hybridized carbons (Fsp3) is 0.286. The van der Waals surface area contributed by atoms with Crippen LogP contribution in [0.4, 0.5) is 0 Å². The Bertz CT molecular complexity index is 696. The molecule has 0 aliphatic rings. The highest BCUT2D eigenvalue weighted by molar-refractivity contribution is 7.93. The Balaban J connectivity index is 2.52. The summed E-state index contributed by atoms with van der Waals surface area (Å²) in [6.45, 7) is -0.0249. The molecule has 21 heavy (non-hydrogen) atoms. The van der Waals surface area contributed by atoms with Gasteiger partial charge in [0.25, 0.3) is 0 Å². The van der Waals surface area contributed by atoms with E-state index in [1.807, 2.05) is 0 Å². The summed E-state index contributed by atoms with van der Waals surface area (Å²) in [5, 5.41) is 0.878. The molecule has 1 aromatic heterocycles. The molecule has 2 N–H and O–H groups in total. The highest BCUT2D eigenvalue weighted by Gasteiger charge is 2.31. The van der Waals surface area contributed by atoms with E-state index < -0.39 is 15.1 Å². The van der Waals surface area contributed by atoms with Crippen molar-refractivity contribution in [3.63, 3.8) is 0 Å². The van der Waals surface area contributed by atoms with Crippen LogP contribution in [0.2, 0.25) is 0 Å². The average molecular weight is 327 g/mol. The Morgan fingerprint density at radius 2 is 2.00 bits per heavy atom. The molecule has 0 radical (unpaired) electrons. The van der Waals surface area contributed by atoms with Gasteiger partial charge in [0.05, 0.1) is 14.2 Å². The zero-order chi connectivity index (χ0) is 15.5. The number of rotatable bonds is 6. The quantitative estimate of drug-likeness (QED) is 0.880. The van der Waals surface area contributed by atoms with Gasteiger partial charge in [0.15, 0.2) is 9.84 Å². The Morgan fingerprint density at radius 1 is 1.24 bits per heavy atom. The molecule has 7 heteroatoms. The summed E-state index contributed by atoms with van der Waals surface area (Å²) < 4.78 is 36.1. The van der Waals surface area contributed by atoms with E-state index in [-0.39, 0.29) is 6.54 Å². The number of ether oxygens (including phenoxy) is 2. The third-order valence-electron chi connectivity index (χ3n) is 3.15. The van der Waals surface area contributed by atoms with Crippen LogP contribution in [-0.2, 0) is 9.84 Å². The second-order valence-electron chi connectivity index (χ2n) is 4.31. The topological polar surface area (TPSA) is 78.6 Å². The lowest BCUT2D eigenvalue weighted by Gasteiger charge is -2.18. The molecule has 0 spiro atoms. The van der Waals surface area contributed by atoms with Crippen molar-refractivity contribution in [1.82, 2.24) is 0 Å². The summed E-state index contributed by atoms with van der Waals surface area (Å²) in [6.07, 6.45) is 0. The second-order valence-corrected chi connectivity index (χ2v) is 7.61. The lowest BCUT2D eigenvalue weighted by Crippen LogP contribution is -2.22. The van der Waals surface area contributed by atoms with Gasteiger partial charge in [-0.2, -0.15) is 0 Å². The molecule has 0 unspecified atom stereocenters. The molecule has 1 heterocycles. The number of thiophene rings is 1. The molecular weight excluding hydrogens is 310 g/mol. The maximum Gasteiger partial charge on any atom is 0.196 e. The van der Waals surface area contributed by atoms with Gasteiger partial charge in [0.2, 0.25) is 0 Å². The number of nitrogens with two attached hydrogens (primary N) is 1. The van der Waals surface area contributed by atoms with E-state index in [1.54, 1.807) is 35.7 Å². The van der Waals surface area contributed by atoms with Gasteiger partial charge in [0, 0.05) is 18.2 Å². The van der Waals surface area contributed by atoms with Gasteiger partial charge < -0.3 is 15.2 Å². The molecule has 2 rings (SSSR count). The smallest absolute Gasteiger partial charge is 0.196 e. The largest absolute Gasteiger partial charge is 0.497 e. The molecule has 2 aromatic rings. The van der Waals surface area contributed by atoms with E-state index in [0.29, 0.717) is 21.3 Å². The zero-order valence-electron chi connectivity index (χ0n) is 11.8. The maximum absolute atomic E-state index is 12.7. The predicted octanol–water partition coefficient (Wildman–Crippen LogP) is 2.24. The standard InChI is InChI=1S/C14H17NO4S2/c1-18-10-5-6-11(12(8-10)19-2)13(9-15)21(16,17)14-4-3-7-20-14/h3-8,13H,9,15H2,1-2H3/t13-/m1/s1. The van der Waals surface area contributed by atoms with Crippen LogP contribution in [0.15, 0.2) is 39.9 Å². The Kier molecular flexibility index (Phi) is 4.87. The van der Waals surface area contributed by atoms with Crippen molar-refractivity contribution in [3.8, 4) is 11.5 Å². The summed E-state index contributed by atoms with van der Waals surface area (Å²) in [5.41, 5.74) is 6.27. The molecule has 0 amide bonds. The van der Waals surface area contributed by atoms with Crippen molar-refractivity contribution >= 4 is 21.2 Å². The molecule has 0 bridgehead atoms. The molecule has 0 aliphatic carbocycles. The van der Waals surface area contributed by atoms with E-state index in [4.69, 9.17) is 15.2 Å². The lowest BCUT2D eigenvalue weighted by atomic mass is 10.1. The Labute approximate surface area is 128 Å². The minimum atomic E-state index is -3.54. The maximum atomic E-state index is 12.7. The van der Waals surface area contributed by atoms with Gasteiger partial charge in [-0.1, -0.05) is 12.1 Å². The predicted molar refractivity (Wildman–Crippen MR) is 82.8 cm³/mol. The summed E-state index contributed by atoms with van der Waals surface area (Å²) in [5.74, 6) is 1.05. The molecule has 0 fully saturated rings. The minimum Gasteiger partial charge on any atom is -0.497 e. The molecule has 0 saturated carbocycles. The fourth-order valence-corrected chi connectivity index (χ4v) is 4.90. The third-order valence-corrected chi connectivity index (χ3v) is 6.69. The molecule has 1 atom stereocenters. The van der Waals surface area contributed by atoms with Crippen LogP contribution in [-0.4, -0.2) is 29.2 Å². The van der Waals surface area contributed by atoms with Gasteiger partial charge in [-0.15, -0.1) is 11.3 Å². The van der Waals surface area contributed by atoms with Crippen molar-refractivity contribution < 1.29 is 17.9 Å². The van der Waals surface area contributed by atoms with Crippen LogP contribution in [0, 0.1) is 0 Å². The van der Waals surface area contributed by atoms with Crippen LogP contribution < -0.4 is 15.2 Å². The van der Waals surface area contributed by atoms with Gasteiger partial charge in [-0.3, -0.25) is 0 Å². The highest BCUT2D eigenvalue weighted by Crippen LogP contribution is 2.37. The summed E-state index contributed by atoms with van der Waals surface area (Å²) >= 11 is 1.18. The van der Waals surface area contributed by atoms with Crippen molar-refractivity contribution in [1.29, 1.82) is 0 Å². The molecular formula is C14H17NO4S2. The van der Waals surface area contributed by atoms with Gasteiger partial charge in [-0.05, 0) is 17.5 Å². The van der Waals surface area contributed by atoms with E-state index >= 15 is 0 Å². The number of hydrogen-bond acceptors (Lipinski definition) is 6. The van der Waals surface area contributed by atoms with Crippen LogP contribution in [0.5, 0.6) is 11.5 Å². The van der Waals surface area contributed by atoms with Crippen molar-refractivity contribution in [2.24, 2.45) is 5.73 Å². The van der Waals surface area contributed by atoms with Gasteiger partial charge in [0.1, 0.15) is 21.0 Å². The molecule has 1 aromatic carbocycles. The van der Waals surface area contributed by atoms with Crippen LogP contribution in [0.1, 0.15) is 10.8 Å². The molecule has 0 aliphatic heterocycles. The van der Waals surface area contributed by atoms with Crippen molar-refractivity contribution in [3.05, 3.63) is 41.3 Å². The fourth-order valence-electron chi connectivity index (χ4n) is 2.07. The van der Waals surface area contributed by atoms with Crippen LogP contribution >= 0.6 is 11.3 Å². The molecule has 0 saturated heterocycles. The first-order valence-electron chi connectivity index (χ1n) is 6.24. The van der Waals surface area contributed by atoms with Gasteiger partial charge in [-0.25, -0.2) is 8.42 Å². The summed E-state index contributed by atoms with van der Waals surface area (Å²) in [7, 11) is -0.512. The number of sulfone groups is 1. The average Bonchev–Trinajstić information content (AvgIpc) is 3.03. The van der Waals surface area contributed by atoms with Gasteiger partial charge >= 0.3 is 0 Å². The highest BCUT2D eigenvalue weighted by atomic mass is 32.2. The van der Waals surface area contributed by atoms with E-state index in [1.165, 1.54) is 25.6 Å². The van der Waals surface area contributed by atoms with Crippen molar-refractivity contribution in [2.75, 3.05) is 20.8 Å². The lowest BCUT2D eigenvalue weighted by molar-refractivity contribution is 0.390. The SMILES string of the molecule is COc1ccc([C@@H](CN)S(=O)(=O)c2cccs2)c(OC)c1. The number of hydrogen-bond donors (Lipinski definition) is 1. The first-order chi connectivity index (χ1) is 10.0. The first kappa shape index (κ1) is 15.8. The summed E-state index contributed by atoms with van der Waals surface area (Å²) in [6, 6.07) is 8.32. The first-order valence-corrected chi connectivity index (χ1v) is 8.66. The van der Waals surface area contributed by atoms with E-state index in [2.05, 4.69) is 0 Å². The molecule has 5 nitrogen and oxygen atoms in total. The van der Waals surface area contributed by atoms with Crippen LogP contribution in [0.25, 0.3) is 0 Å². The molecule has 114 valence electrons. The van der Waals surface area contributed by atoms with Crippen molar-refractivity contribution in [2.45, 2.75) is 9.46 Å². The Hall–Kier alpha value is -1.57. The third kappa shape index (κ3) is 3.04. The zero-order valence-corrected chi connectivity index (χ0v) is 13.4. The van der Waals surface area contributed by atoms with Crippen LogP contribution in [0.3, 0.4) is 0 Å².